The maximum absolute atomic E-state index is 12.6. The number of rotatable bonds is 3. The Hall–Kier alpha value is -2.36. The first-order valence-electron chi connectivity index (χ1n) is 6.42. The zero-order valence-corrected chi connectivity index (χ0v) is 12.6. The van der Waals surface area contributed by atoms with Gasteiger partial charge in [-0.05, 0) is 17.7 Å². The minimum absolute atomic E-state index is 0.0289. The van der Waals surface area contributed by atoms with E-state index in [9.17, 15) is 21.6 Å². The molecule has 0 spiro atoms. The van der Waals surface area contributed by atoms with Crippen LogP contribution in [0.5, 0.6) is 0 Å². The first-order chi connectivity index (χ1) is 10.7. The highest BCUT2D eigenvalue weighted by molar-refractivity contribution is 7.91. The fraction of sp³-hybridized carbons (Fsp3) is 0.231. The van der Waals surface area contributed by atoms with Gasteiger partial charge in [0.1, 0.15) is 0 Å². The summed E-state index contributed by atoms with van der Waals surface area (Å²) in [6.45, 7) is 0. The Morgan fingerprint density at radius 2 is 1.91 bits per heavy atom. The van der Waals surface area contributed by atoms with Crippen molar-refractivity contribution in [1.29, 1.82) is 0 Å². The summed E-state index contributed by atoms with van der Waals surface area (Å²) in [6, 6.07) is 2.88. The molecular formula is C13H11F3N4O2S. The standard InChI is InChI=1S/C13H11F3N4O2S/c1-19-6-11(5-18-19)9-4-10(8-23(21,22)13(14,15)16)12-2-3-17-20(12)7-9/h2-7H,8H2,1H3. The lowest BCUT2D eigenvalue weighted by Gasteiger charge is -2.10. The summed E-state index contributed by atoms with van der Waals surface area (Å²) >= 11 is 0. The number of hydrogen-bond donors (Lipinski definition) is 0. The molecule has 0 bridgehead atoms. The molecule has 0 amide bonds. The van der Waals surface area contributed by atoms with E-state index in [0.717, 1.165) is 0 Å². The fourth-order valence-corrected chi connectivity index (χ4v) is 3.04. The van der Waals surface area contributed by atoms with Crippen LogP contribution in [-0.2, 0) is 22.6 Å². The number of pyridine rings is 1. The zero-order valence-electron chi connectivity index (χ0n) is 11.8. The van der Waals surface area contributed by atoms with Gasteiger partial charge in [0.05, 0.1) is 17.5 Å². The van der Waals surface area contributed by atoms with Gasteiger partial charge in [0, 0.05) is 36.8 Å². The van der Waals surface area contributed by atoms with Crippen molar-refractivity contribution in [2.24, 2.45) is 7.05 Å². The Kier molecular flexibility index (Phi) is 3.43. The summed E-state index contributed by atoms with van der Waals surface area (Å²) < 4.78 is 63.8. The van der Waals surface area contributed by atoms with Crippen molar-refractivity contribution in [3.05, 3.63) is 42.5 Å². The van der Waals surface area contributed by atoms with E-state index in [-0.39, 0.29) is 5.56 Å². The second-order valence-electron chi connectivity index (χ2n) is 5.02. The number of aryl methyl sites for hydroxylation is 1. The molecule has 3 aromatic rings. The predicted octanol–water partition coefficient (Wildman–Crippen LogP) is 2.17. The van der Waals surface area contributed by atoms with Crippen molar-refractivity contribution in [2.45, 2.75) is 11.3 Å². The van der Waals surface area contributed by atoms with Crippen LogP contribution in [-0.4, -0.2) is 33.3 Å². The van der Waals surface area contributed by atoms with Crippen LogP contribution < -0.4 is 0 Å². The molecule has 0 fully saturated rings. The highest BCUT2D eigenvalue weighted by Gasteiger charge is 2.45. The number of sulfone groups is 1. The first-order valence-corrected chi connectivity index (χ1v) is 8.07. The minimum Gasteiger partial charge on any atom is -0.275 e. The van der Waals surface area contributed by atoms with Crippen LogP contribution in [0.2, 0.25) is 0 Å². The molecule has 6 nitrogen and oxygen atoms in total. The van der Waals surface area contributed by atoms with Gasteiger partial charge in [0.2, 0.25) is 0 Å². The molecule has 0 saturated heterocycles. The van der Waals surface area contributed by atoms with E-state index < -0.39 is 21.1 Å². The summed E-state index contributed by atoms with van der Waals surface area (Å²) in [7, 11) is -3.58. The van der Waals surface area contributed by atoms with Crippen LogP contribution in [0, 0.1) is 0 Å². The van der Waals surface area contributed by atoms with Crippen molar-refractivity contribution in [2.75, 3.05) is 0 Å². The topological polar surface area (TPSA) is 69.3 Å². The lowest BCUT2D eigenvalue weighted by Crippen LogP contribution is -2.25. The van der Waals surface area contributed by atoms with E-state index in [1.165, 1.54) is 33.7 Å². The number of hydrogen-bond acceptors (Lipinski definition) is 4. The number of alkyl halides is 3. The summed E-state index contributed by atoms with van der Waals surface area (Å²) in [6.07, 6.45) is 6.21. The van der Waals surface area contributed by atoms with Crippen LogP contribution in [0.4, 0.5) is 13.2 Å². The van der Waals surface area contributed by atoms with Crippen LogP contribution in [0.3, 0.4) is 0 Å². The van der Waals surface area contributed by atoms with Crippen LogP contribution in [0.15, 0.2) is 36.9 Å². The molecule has 23 heavy (non-hydrogen) atoms. The molecule has 0 aromatic carbocycles. The number of nitrogens with zero attached hydrogens (tertiary/aromatic N) is 4. The Bertz CT molecular complexity index is 973. The third kappa shape index (κ3) is 2.81. The fourth-order valence-electron chi connectivity index (χ4n) is 2.23. The van der Waals surface area contributed by atoms with Gasteiger partial charge >= 0.3 is 5.51 Å². The lowest BCUT2D eigenvalue weighted by atomic mass is 10.1. The van der Waals surface area contributed by atoms with Crippen molar-refractivity contribution in [3.8, 4) is 11.1 Å². The summed E-state index contributed by atoms with van der Waals surface area (Å²) in [5.41, 5.74) is -3.78. The highest BCUT2D eigenvalue weighted by atomic mass is 32.2. The Morgan fingerprint density at radius 1 is 1.17 bits per heavy atom. The average Bonchev–Trinajstić information content (AvgIpc) is 3.05. The van der Waals surface area contributed by atoms with Gasteiger partial charge in [-0.3, -0.25) is 4.68 Å². The molecule has 0 radical (unpaired) electrons. The molecule has 3 rings (SSSR count). The number of fused-ring (bicyclic) bond motifs is 1. The van der Waals surface area contributed by atoms with E-state index in [1.807, 2.05) is 0 Å². The first kappa shape index (κ1) is 15.5. The third-order valence-corrected chi connectivity index (χ3v) is 4.72. The lowest BCUT2D eigenvalue weighted by molar-refractivity contribution is -0.0437. The van der Waals surface area contributed by atoms with Crippen molar-refractivity contribution in [1.82, 2.24) is 19.4 Å². The second-order valence-corrected chi connectivity index (χ2v) is 7.00. The SMILES string of the molecule is Cn1cc(-c2cc(CS(=O)(=O)C(F)(F)F)c3ccnn3c2)cn1. The minimum atomic E-state index is -5.30. The summed E-state index contributed by atoms with van der Waals surface area (Å²) in [5.74, 6) is -1.14. The molecule has 10 heteroatoms. The van der Waals surface area contributed by atoms with Gasteiger partial charge < -0.3 is 0 Å². The van der Waals surface area contributed by atoms with E-state index >= 15 is 0 Å². The van der Waals surface area contributed by atoms with Gasteiger partial charge in [0.25, 0.3) is 9.84 Å². The van der Waals surface area contributed by atoms with E-state index in [2.05, 4.69) is 10.2 Å². The zero-order chi connectivity index (χ0) is 16.8. The largest absolute Gasteiger partial charge is 0.497 e. The quantitative estimate of drug-likeness (QED) is 0.730. The van der Waals surface area contributed by atoms with Crippen LogP contribution >= 0.6 is 0 Å². The smallest absolute Gasteiger partial charge is 0.275 e. The maximum atomic E-state index is 12.6. The van der Waals surface area contributed by atoms with Gasteiger partial charge in [-0.25, -0.2) is 12.9 Å². The molecule has 0 N–H and O–H groups in total. The Labute approximate surface area is 129 Å². The predicted molar refractivity (Wildman–Crippen MR) is 76.1 cm³/mol. The molecule has 0 aliphatic heterocycles. The van der Waals surface area contributed by atoms with Gasteiger partial charge in [-0.15, -0.1) is 0 Å². The molecule has 3 heterocycles. The van der Waals surface area contributed by atoms with Crippen LogP contribution in [0.25, 0.3) is 16.6 Å². The highest BCUT2D eigenvalue weighted by Crippen LogP contribution is 2.30. The second kappa shape index (κ2) is 5.08. The Morgan fingerprint density at radius 3 is 2.52 bits per heavy atom. The van der Waals surface area contributed by atoms with Crippen LogP contribution in [0.1, 0.15) is 5.56 Å². The van der Waals surface area contributed by atoms with E-state index in [1.54, 1.807) is 19.4 Å². The summed E-state index contributed by atoms with van der Waals surface area (Å²) in [4.78, 5) is 0. The molecule has 0 aliphatic carbocycles. The molecular weight excluding hydrogens is 333 g/mol. The summed E-state index contributed by atoms with van der Waals surface area (Å²) in [5, 5.41) is 7.97. The number of aromatic nitrogens is 4. The third-order valence-electron chi connectivity index (χ3n) is 3.33. The van der Waals surface area contributed by atoms with Gasteiger partial charge in [-0.2, -0.15) is 23.4 Å². The molecule has 0 unspecified atom stereocenters. The average molecular weight is 344 g/mol. The molecule has 0 saturated carbocycles. The normalized spacial score (nSPS) is 12.9. The molecule has 3 aromatic heterocycles. The Balaban J connectivity index is 2.14. The number of halogens is 3. The molecule has 0 aliphatic rings. The molecule has 122 valence electrons. The van der Waals surface area contributed by atoms with Crippen molar-refractivity contribution in [3.63, 3.8) is 0 Å². The van der Waals surface area contributed by atoms with E-state index in [4.69, 9.17) is 0 Å². The monoisotopic (exact) mass is 344 g/mol. The van der Waals surface area contributed by atoms with E-state index in [0.29, 0.717) is 16.6 Å². The van der Waals surface area contributed by atoms with Gasteiger partial charge in [-0.1, -0.05) is 0 Å². The van der Waals surface area contributed by atoms with Crippen molar-refractivity contribution < 1.29 is 21.6 Å². The van der Waals surface area contributed by atoms with Gasteiger partial charge in [0.15, 0.2) is 0 Å². The maximum Gasteiger partial charge on any atom is 0.497 e. The van der Waals surface area contributed by atoms with Crippen molar-refractivity contribution >= 4 is 15.4 Å². The molecule has 0 atom stereocenters.